The van der Waals surface area contributed by atoms with Crippen LogP contribution in [0, 0.1) is 12.8 Å². The maximum absolute atomic E-state index is 12.2. The number of aromatic nitrogens is 3. The highest BCUT2D eigenvalue weighted by Crippen LogP contribution is 2.35. The van der Waals surface area contributed by atoms with Crippen molar-refractivity contribution in [3.63, 3.8) is 0 Å². The number of thioether (sulfide) groups is 1. The lowest BCUT2D eigenvalue weighted by Gasteiger charge is -2.18. The van der Waals surface area contributed by atoms with Gasteiger partial charge in [0.2, 0.25) is 11.1 Å². The molecule has 0 fully saturated rings. The number of aromatic amines is 1. The lowest BCUT2D eigenvalue weighted by Crippen LogP contribution is -2.30. The van der Waals surface area contributed by atoms with E-state index in [1.54, 1.807) is 0 Å². The van der Waals surface area contributed by atoms with Crippen LogP contribution in [0.25, 0.3) is 0 Å². The van der Waals surface area contributed by atoms with E-state index in [0.29, 0.717) is 23.2 Å². The van der Waals surface area contributed by atoms with Gasteiger partial charge in [-0.1, -0.05) is 43.0 Å². The molecule has 1 heterocycles. The average molecular weight is 316 g/mol. The molecular formula is C16H20N4OS. The minimum absolute atomic E-state index is 0.0910. The van der Waals surface area contributed by atoms with Gasteiger partial charge in [-0.15, -0.1) is 5.10 Å². The predicted octanol–water partition coefficient (Wildman–Crippen LogP) is 2.65. The number of hydrogen-bond donors (Lipinski definition) is 2. The number of aryl methyl sites for hydroxylation is 1. The number of hydrogen-bond acceptors (Lipinski definition) is 4. The molecule has 2 N–H and O–H groups in total. The van der Waals surface area contributed by atoms with Crippen LogP contribution in [0.1, 0.15) is 36.3 Å². The molecule has 22 heavy (non-hydrogen) atoms. The Labute approximate surface area is 134 Å². The molecule has 0 radical (unpaired) electrons. The van der Waals surface area contributed by atoms with Crippen molar-refractivity contribution >= 4 is 17.7 Å². The minimum atomic E-state index is 0.0910. The number of carbonyl (C=O) groups is 1. The molecule has 1 amide bonds. The topological polar surface area (TPSA) is 70.7 Å². The molecule has 1 aliphatic carbocycles. The molecule has 2 aromatic rings. The molecule has 1 aliphatic rings. The van der Waals surface area contributed by atoms with Gasteiger partial charge in [-0.25, -0.2) is 4.98 Å². The number of rotatable bonds is 5. The van der Waals surface area contributed by atoms with Gasteiger partial charge in [-0.05, 0) is 30.4 Å². The zero-order valence-corrected chi connectivity index (χ0v) is 13.6. The predicted molar refractivity (Wildman–Crippen MR) is 86.7 cm³/mol. The van der Waals surface area contributed by atoms with E-state index in [9.17, 15) is 4.79 Å². The Morgan fingerprint density at radius 1 is 1.45 bits per heavy atom. The summed E-state index contributed by atoms with van der Waals surface area (Å²) in [5, 5.41) is 10.7. The summed E-state index contributed by atoms with van der Waals surface area (Å²) in [7, 11) is 0. The van der Waals surface area contributed by atoms with Gasteiger partial charge in [0.1, 0.15) is 5.82 Å². The Kier molecular flexibility index (Phi) is 4.47. The van der Waals surface area contributed by atoms with E-state index in [4.69, 9.17) is 0 Å². The average Bonchev–Trinajstić information content (AvgIpc) is 3.03. The van der Waals surface area contributed by atoms with Gasteiger partial charge in [-0.2, -0.15) is 0 Å². The fourth-order valence-electron chi connectivity index (χ4n) is 2.88. The summed E-state index contributed by atoms with van der Waals surface area (Å²) in [6.07, 6.45) is 1.51. The molecule has 0 aliphatic heterocycles. The monoisotopic (exact) mass is 316 g/mol. The SMILES string of the molecule is Cc1nc(SCCC(=O)N[C@H]2c3ccccc3C[C@H]2C)n[nH]1. The Morgan fingerprint density at radius 3 is 3.05 bits per heavy atom. The van der Waals surface area contributed by atoms with E-state index < -0.39 is 0 Å². The second-order valence-electron chi connectivity index (χ2n) is 5.73. The van der Waals surface area contributed by atoms with Gasteiger partial charge in [0.05, 0.1) is 6.04 Å². The molecule has 3 rings (SSSR count). The first kappa shape index (κ1) is 15.1. The van der Waals surface area contributed by atoms with E-state index >= 15 is 0 Å². The lowest BCUT2D eigenvalue weighted by molar-refractivity contribution is -0.121. The summed E-state index contributed by atoms with van der Waals surface area (Å²) in [5.41, 5.74) is 2.62. The first-order valence-corrected chi connectivity index (χ1v) is 8.51. The maximum atomic E-state index is 12.2. The van der Waals surface area contributed by atoms with Gasteiger partial charge >= 0.3 is 0 Å². The maximum Gasteiger partial charge on any atom is 0.221 e. The van der Waals surface area contributed by atoms with Gasteiger partial charge in [0.15, 0.2) is 0 Å². The quantitative estimate of drug-likeness (QED) is 0.832. The van der Waals surface area contributed by atoms with Crippen LogP contribution in [0.15, 0.2) is 29.4 Å². The van der Waals surface area contributed by atoms with Crippen LogP contribution in [0.5, 0.6) is 0 Å². The van der Waals surface area contributed by atoms with Crippen LogP contribution >= 0.6 is 11.8 Å². The Bertz CT molecular complexity index is 670. The second kappa shape index (κ2) is 6.52. The van der Waals surface area contributed by atoms with Crippen LogP contribution in [0.4, 0.5) is 0 Å². The summed E-state index contributed by atoms with van der Waals surface area (Å²) < 4.78 is 0. The van der Waals surface area contributed by atoms with Crippen LogP contribution in [-0.2, 0) is 11.2 Å². The largest absolute Gasteiger partial charge is 0.349 e. The third kappa shape index (κ3) is 3.32. The number of H-pyrrole nitrogens is 1. The molecule has 0 saturated heterocycles. The molecule has 0 saturated carbocycles. The van der Waals surface area contributed by atoms with Gasteiger partial charge in [-0.3, -0.25) is 9.89 Å². The molecule has 6 heteroatoms. The standard InChI is InChI=1S/C16H20N4OS/c1-10-9-12-5-3-4-6-13(12)15(10)18-14(21)7-8-22-16-17-11(2)19-20-16/h3-6,10,15H,7-9H2,1-2H3,(H,18,21)(H,17,19,20)/t10-,15-/m1/s1. The molecule has 5 nitrogen and oxygen atoms in total. The normalized spacial score (nSPS) is 19.9. The summed E-state index contributed by atoms with van der Waals surface area (Å²) in [6, 6.07) is 8.51. The molecule has 0 spiro atoms. The van der Waals surface area contributed by atoms with Crippen LogP contribution in [0.3, 0.4) is 0 Å². The summed E-state index contributed by atoms with van der Waals surface area (Å²) in [4.78, 5) is 16.4. The molecule has 116 valence electrons. The number of benzene rings is 1. The van der Waals surface area contributed by atoms with Crippen molar-refractivity contribution < 1.29 is 4.79 Å². The fourth-order valence-corrected chi connectivity index (χ4v) is 3.66. The highest BCUT2D eigenvalue weighted by atomic mass is 32.2. The smallest absolute Gasteiger partial charge is 0.221 e. The Morgan fingerprint density at radius 2 is 2.27 bits per heavy atom. The summed E-state index contributed by atoms with van der Waals surface area (Å²) >= 11 is 1.50. The van der Waals surface area contributed by atoms with Gasteiger partial charge in [0, 0.05) is 12.2 Å². The highest BCUT2D eigenvalue weighted by Gasteiger charge is 2.29. The van der Waals surface area contributed by atoms with E-state index in [1.165, 1.54) is 22.9 Å². The van der Waals surface area contributed by atoms with Crippen molar-refractivity contribution in [1.82, 2.24) is 20.5 Å². The number of fused-ring (bicyclic) bond motifs is 1. The Hall–Kier alpha value is -1.82. The van der Waals surface area contributed by atoms with Gasteiger partial charge < -0.3 is 5.32 Å². The van der Waals surface area contributed by atoms with Crippen LogP contribution < -0.4 is 5.32 Å². The molecule has 2 atom stereocenters. The highest BCUT2D eigenvalue weighted by molar-refractivity contribution is 7.99. The van der Waals surface area contributed by atoms with E-state index in [1.807, 2.05) is 13.0 Å². The van der Waals surface area contributed by atoms with E-state index in [-0.39, 0.29) is 11.9 Å². The fraction of sp³-hybridized carbons (Fsp3) is 0.438. The van der Waals surface area contributed by atoms with Gasteiger partial charge in [0.25, 0.3) is 0 Å². The minimum Gasteiger partial charge on any atom is -0.349 e. The van der Waals surface area contributed by atoms with Crippen molar-refractivity contribution in [2.24, 2.45) is 5.92 Å². The van der Waals surface area contributed by atoms with E-state index in [2.05, 4.69) is 45.6 Å². The number of nitrogens with one attached hydrogen (secondary N) is 2. The third-order valence-corrected chi connectivity index (χ3v) is 4.80. The number of amides is 1. The molecule has 0 unspecified atom stereocenters. The molecule has 1 aromatic carbocycles. The zero-order valence-electron chi connectivity index (χ0n) is 12.8. The summed E-state index contributed by atoms with van der Waals surface area (Å²) in [5.74, 6) is 2.02. The first-order valence-electron chi connectivity index (χ1n) is 7.52. The van der Waals surface area contributed by atoms with Crippen molar-refractivity contribution in [3.05, 3.63) is 41.2 Å². The second-order valence-corrected chi connectivity index (χ2v) is 6.79. The molecular weight excluding hydrogens is 296 g/mol. The number of nitrogens with zero attached hydrogens (tertiary/aromatic N) is 2. The number of carbonyl (C=O) groups excluding carboxylic acids is 1. The zero-order chi connectivity index (χ0) is 15.5. The summed E-state index contributed by atoms with van der Waals surface area (Å²) in [6.45, 7) is 4.05. The lowest BCUT2D eigenvalue weighted by atomic mass is 10.0. The van der Waals surface area contributed by atoms with Crippen molar-refractivity contribution in [2.75, 3.05) is 5.75 Å². The van der Waals surface area contributed by atoms with Crippen molar-refractivity contribution in [2.45, 2.75) is 37.9 Å². The first-order chi connectivity index (χ1) is 10.6. The van der Waals surface area contributed by atoms with Crippen molar-refractivity contribution in [3.8, 4) is 0 Å². The van der Waals surface area contributed by atoms with Crippen molar-refractivity contribution in [1.29, 1.82) is 0 Å². The third-order valence-electron chi connectivity index (χ3n) is 3.95. The molecule has 0 bridgehead atoms. The van der Waals surface area contributed by atoms with Crippen LogP contribution in [-0.4, -0.2) is 26.8 Å². The Balaban J connectivity index is 1.51. The van der Waals surface area contributed by atoms with E-state index in [0.717, 1.165) is 12.2 Å². The molecule has 1 aromatic heterocycles. The van der Waals surface area contributed by atoms with Crippen LogP contribution in [0.2, 0.25) is 0 Å².